The third-order valence-electron chi connectivity index (χ3n) is 4.63. The van der Waals surface area contributed by atoms with Gasteiger partial charge in [-0.3, -0.25) is 4.90 Å². The number of rotatable bonds is 1. The highest BCUT2D eigenvalue weighted by Gasteiger charge is 2.35. The SMILES string of the molecule is CC1CN(C2CCCCCC2C#N)CC1C. The van der Waals surface area contributed by atoms with Crippen LogP contribution in [-0.4, -0.2) is 24.0 Å². The molecule has 2 nitrogen and oxygen atoms in total. The number of nitriles is 1. The van der Waals surface area contributed by atoms with E-state index >= 15 is 0 Å². The van der Waals surface area contributed by atoms with E-state index in [2.05, 4.69) is 24.8 Å². The van der Waals surface area contributed by atoms with E-state index in [0.717, 1.165) is 18.3 Å². The molecule has 2 rings (SSSR count). The monoisotopic (exact) mass is 220 g/mol. The quantitative estimate of drug-likeness (QED) is 0.635. The minimum Gasteiger partial charge on any atom is -0.299 e. The first-order valence-electron chi connectivity index (χ1n) is 6.86. The fraction of sp³-hybridized carbons (Fsp3) is 0.929. The lowest BCUT2D eigenvalue weighted by atomic mass is 9.95. The summed E-state index contributed by atoms with van der Waals surface area (Å²) in [6.45, 7) is 7.12. The van der Waals surface area contributed by atoms with E-state index in [1.54, 1.807) is 0 Å². The molecule has 4 unspecified atom stereocenters. The summed E-state index contributed by atoms with van der Waals surface area (Å²) in [5.74, 6) is 1.91. The Labute approximate surface area is 99.6 Å². The van der Waals surface area contributed by atoms with Gasteiger partial charge in [-0.1, -0.05) is 33.1 Å². The van der Waals surface area contributed by atoms with E-state index in [-0.39, 0.29) is 0 Å². The van der Waals surface area contributed by atoms with Crippen molar-refractivity contribution < 1.29 is 0 Å². The van der Waals surface area contributed by atoms with Crippen molar-refractivity contribution in [3.8, 4) is 6.07 Å². The van der Waals surface area contributed by atoms with Crippen molar-refractivity contribution in [1.82, 2.24) is 4.90 Å². The van der Waals surface area contributed by atoms with Gasteiger partial charge in [-0.15, -0.1) is 0 Å². The molecule has 2 aliphatic rings. The Hall–Kier alpha value is -0.550. The fourth-order valence-electron chi connectivity index (χ4n) is 3.32. The van der Waals surface area contributed by atoms with Crippen LogP contribution in [0.15, 0.2) is 0 Å². The van der Waals surface area contributed by atoms with E-state index in [1.807, 2.05) is 0 Å². The van der Waals surface area contributed by atoms with Crippen molar-refractivity contribution in [2.75, 3.05) is 13.1 Å². The van der Waals surface area contributed by atoms with Gasteiger partial charge in [0.25, 0.3) is 0 Å². The van der Waals surface area contributed by atoms with Crippen molar-refractivity contribution in [2.24, 2.45) is 17.8 Å². The Morgan fingerprint density at radius 3 is 2.25 bits per heavy atom. The Balaban J connectivity index is 2.03. The van der Waals surface area contributed by atoms with Gasteiger partial charge < -0.3 is 0 Å². The van der Waals surface area contributed by atoms with Crippen LogP contribution in [0.5, 0.6) is 0 Å². The van der Waals surface area contributed by atoms with Crippen LogP contribution in [0.1, 0.15) is 46.0 Å². The van der Waals surface area contributed by atoms with Crippen LogP contribution < -0.4 is 0 Å². The van der Waals surface area contributed by atoms with Crippen molar-refractivity contribution in [1.29, 1.82) is 5.26 Å². The van der Waals surface area contributed by atoms with Crippen LogP contribution in [0.2, 0.25) is 0 Å². The van der Waals surface area contributed by atoms with Gasteiger partial charge in [0, 0.05) is 19.1 Å². The average molecular weight is 220 g/mol. The second-order valence-electron chi connectivity index (χ2n) is 5.85. The molecule has 0 spiro atoms. The number of nitrogens with zero attached hydrogens (tertiary/aromatic N) is 2. The van der Waals surface area contributed by atoms with Gasteiger partial charge in [-0.05, 0) is 24.7 Å². The summed E-state index contributed by atoms with van der Waals surface area (Å²) in [6.07, 6.45) is 6.28. The summed E-state index contributed by atoms with van der Waals surface area (Å²) in [6, 6.07) is 3.11. The topological polar surface area (TPSA) is 27.0 Å². The highest BCUT2D eigenvalue weighted by Crippen LogP contribution is 2.32. The molecule has 0 bridgehead atoms. The lowest BCUT2D eigenvalue weighted by Gasteiger charge is -2.30. The summed E-state index contributed by atoms with van der Waals surface area (Å²) >= 11 is 0. The molecule has 1 saturated carbocycles. The van der Waals surface area contributed by atoms with Crippen molar-refractivity contribution >= 4 is 0 Å². The zero-order valence-electron chi connectivity index (χ0n) is 10.7. The second kappa shape index (κ2) is 5.19. The van der Waals surface area contributed by atoms with E-state index in [9.17, 15) is 5.26 Å². The first-order chi connectivity index (χ1) is 7.72. The number of hydrogen-bond acceptors (Lipinski definition) is 2. The minimum atomic E-state index is 0.292. The van der Waals surface area contributed by atoms with E-state index in [4.69, 9.17) is 0 Å². The third-order valence-corrected chi connectivity index (χ3v) is 4.63. The molecular weight excluding hydrogens is 196 g/mol. The number of likely N-dealkylation sites (tertiary alicyclic amines) is 1. The molecule has 2 fully saturated rings. The molecule has 4 atom stereocenters. The lowest BCUT2D eigenvalue weighted by Crippen LogP contribution is -2.38. The average Bonchev–Trinajstić information content (AvgIpc) is 2.53. The van der Waals surface area contributed by atoms with Gasteiger partial charge in [-0.2, -0.15) is 5.26 Å². The molecule has 2 heteroatoms. The van der Waals surface area contributed by atoms with Gasteiger partial charge in [0.1, 0.15) is 0 Å². The zero-order chi connectivity index (χ0) is 11.5. The molecule has 0 N–H and O–H groups in total. The number of hydrogen-bond donors (Lipinski definition) is 0. The van der Waals surface area contributed by atoms with Gasteiger partial charge in [0.05, 0.1) is 12.0 Å². The Kier molecular flexibility index (Phi) is 3.86. The van der Waals surface area contributed by atoms with Crippen LogP contribution in [0, 0.1) is 29.1 Å². The largest absolute Gasteiger partial charge is 0.299 e. The maximum Gasteiger partial charge on any atom is 0.0672 e. The molecule has 0 aromatic carbocycles. The summed E-state index contributed by atoms with van der Waals surface area (Å²) < 4.78 is 0. The standard InChI is InChI=1S/C14H24N2/c1-11-9-16(10-12(11)2)14-7-5-3-4-6-13(14)8-15/h11-14H,3-7,9-10H2,1-2H3. The molecule has 0 radical (unpaired) electrons. The molecule has 1 heterocycles. The molecule has 90 valence electrons. The van der Waals surface area contributed by atoms with Crippen molar-refractivity contribution in [3.63, 3.8) is 0 Å². The maximum absolute atomic E-state index is 9.30. The summed E-state index contributed by atoms with van der Waals surface area (Å²) in [5.41, 5.74) is 0. The maximum atomic E-state index is 9.30. The van der Waals surface area contributed by atoms with Gasteiger partial charge in [-0.25, -0.2) is 0 Å². The van der Waals surface area contributed by atoms with Crippen LogP contribution in [0.25, 0.3) is 0 Å². The fourth-order valence-corrected chi connectivity index (χ4v) is 3.32. The molecule has 0 aromatic rings. The van der Waals surface area contributed by atoms with Crippen molar-refractivity contribution in [2.45, 2.75) is 52.0 Å². The normalized spacial score (nSPS) is 41.6. The second-order valence-corrected chi connectivity index (χ2v) is 5.85. The van der Waals surface area contributed by atoms with Crippen molar-refractivity contribution in [3.05, 3.63) is 0 Å². The van der Waals surface area contributed by atoms with E-state index < -0.39 is 0 Å². The Morgan fingerprint density at radius 2 is 1.62 bits per heavy atom. The summed E-state index contributed by atoms with van der Waals surface area (Å²) in [4.78, 5) is 2.61. The highest BCUT2D eigenvalue weighted by atomic mass is 15.2. The third kappa shape index (κ3) is 2.40. The molecule has 0 aromatic heterocycles. The Bertz CT molecular complexity index is 258. The first kappa shape index (κ1) is 11.9. The van der Waals surface area contributed by atoms with Crippen LogP contribution in [0.3, 0.4) is 0 Å². The van der Waals surface area contributed by atoms with Crippen LogP contribution in [0.4, 0.5) is 0 Å². The van der Waals surface area contributed by atoms with Crippen LogP contribution in [-0.2, 0) is 0 Å². The molecular formula is C14H24N2. The molecule has 1 saturated heterocycles. The molecule has 1 aliphatic carbocycles. The van der Waals surface area contributed by atoms with Gasteiger partial charge in [0.2, 0.25) is 0 Å². The molecule has 16 heavy (non-hydrogen) atoms. The predicted octanol–water partition coefficient (Wildman–Crippen LogP) is 3.05. The van der Waals surface area contributed by atoms with E-state index in [0.29, 0.717) is 12.0 Å². The smallest absolute Gasteiger partial charge is 0.0672 e. The first-order valence-corrected chi connectivity index (χ1v) is 6.86. The lowest BCUT2D eigenvalue weighted by molar-refractivity contribution is 0.182. The van der Waals surface area contributed by atoms with E-state index in [1.165, 1.54) is 38.8 Å². The highest BCUT2D eigenvalue weighted by molar-refractivity contribution is 4.97. The minimum absolute atomic E-state index is 0.292. The molecule has 0 amide bonds. The zero-order valence-corrected chi connectivity index (χ0v) is 10.7. The van der Waals surface area contributed by atoms with Gasteiger partial charge >= 0.3 is 0 Å². The summed E-state index contributed by atoms with van der Waals surface area (Å²) in [7, 11) is 0. The predicted molar refractivity (Wildman–Crippen MR) is 65.9 cm³/mol. The summed E-state index contributed by atoms with van der Waals surface area (Å²) in [5, 5.41) is 9.30. The Morgan fingerprint density at radius 1 is 1.00 bits per heavy atom. The molecule has 1 aliphatic heterocycles. The van der Waals surface area contributed by atoms with Gasteiger partial charge in [0.15, 0.2) is 0 Å². The van der Waals surface area contributed by atoms with Crippen LogP contribution >= 0.6 is 0 Å².